The van der Waals surface area contributed by atoms with Gasteiger partial charge in [0.1, 0.15) is 17.9 Å². The van der Waals surface area contributed by atoms with Gasteiger partial charge in [0.15, 0.2) is 0 Å². The number of furan rings is 1. The van der Waals surface area contributed by atoms with Crippen LogP contribution in [0.3, 0.4) is 0 Å². The zero-order valence-electron chi connectivity index (χ0n) is 10.1. The molecule has 0 aliphatic carbocycles. The van der Waals surface area contributed by atoms with Gasteiger partial charge in [-0.15, -0.1) is 0 Å². The van der Waals surface area contributed by atoms with E-state index < -0.39 is 0 Å². The minimum absolute atomic E-state index is 0.458. The van der Waals surface area contributed by atoms with Gasteiger partial charge in [-0.1, -0.05) is 12.1 Å². The number of ether oxygens (including phenoxy) is 1. The number of halogens is 1. The molecule has 0 unspecified atom stereocenters. The summed E-state index contributed by atoms with van der Waals surface area (Å²) in [5.41, 5.74) is 8.20. The van der Waals surface area contributed by atoms with Crippen molar-refractivity contribution in [3.8, 4) is 5.75 Å². The van der Waals surface area contributed by atoms with Gasteiger partial charge in [0.2, 0.25) is 0 Å². The Morgan fingerprint density at radius 1 is 1.16 bits per heavy atom. The largest absolute Gasteiger partial charge is 0.488 e. The van der Waals surface area contributed by atoms with Gasteiger partial charge in [0.05, 0.1) is 10.7 Å². The lowest BCUT2D eigenvalue weighted by molar-refractivity contribution is 0.304. The van der Waals surface area contributed by atoms with Crippen molar-refractivity contribution in [1.82, 2.24) is 0 Å². The van der Waals surface area contributed by atoms with Crippen LogP contribution in [0, 0.1) is 0 Å². The first-order chi connectivity index (χ1) is 9.24. The van der Waals surface area contributed by atoms with Crippen molar-refractivity contribution in [2.45, 2.75) is 6.61 Å². The molecule has 0 saturated heterocycles. The summed E-state index contributed by atoms with van der Waals surface area (Å²) >= 11 is 3.45. The van der Waals surface area contributed by atoms with E-state index in [1.165, 1.54) is 0 Å². The smallest absolute Gasteiger partial charge is 0.136 e. The SMILES string of the molecule is Nc1ccc2c(COc3ccccc3Br)coc2c1. The molecule has 4 heteroatoms. The Bertz CT molecular complexity index is 721. The lowest BCUT2D eigenvalue weighted by Crippen LogP contribution is -1.95. The molecule has 0 atom stereocenters. The maximum absolute atomic E-state index is 5.78. The lowest BCUT2D eigenvalue weighted by atomic mass is 10.2. The number of anilines is 1. The Kier molecular flexibility index (Phi) is 3.17. The van der Waals surface area contributed by atoms with Gasteiger partial charge in [-0.25, -0.2) is 0 Å². The average molecular weight is 318 g/mol. The fourth-order valence-electron chi connectivity index (χ4n) is 1.93. The molecule has 3 rings (SSSR count). The van der Waals surface area contributed by atoms with E-state index in [0.717, 1.165) is 26.8 Å². The predicted molar refractivity (Wildman–Crippen MR) is 79.1 cm³/mol. The Morgan fingerprint density at radius 3 is 2.84 bits per heavy atom. The average Bonchev–Trinajstić information content (AvgIpc) is 2.80. The van der Waals surface area contributed by atoms with Gasteiger partial charge in [0, 0.05) is 22.7 Å². The highest BCUT2D eigenvalue weighted by molar-refractivity contribution is 9.10. The van der Waals surface area contributed by atoms with Crippen LogP contribution in [0.15, 0.2) is 57.6 Å². The zero-order valence-corrected chi connectivity index (χ0v) is 11.7. The van der Waals surface area contributed by atoms with Crippen molar-refractivity contribution >= 4 is 32.6 Å². The number of nitrogen functional groups attached to an aromatic ring is 1. The van der Waals surface area contributed by atoms with Crippen LogP contribution in [0.2, 0.25) is 0 Å². The molecule has 0 aliphatic heterocycles. The van der Waals surface area contributed by atoms with Crippen molar-refractivity contribution < 1.29 is 9.15 Å². The van der Waals surface area contributed by atoms with Crippen molar-refractivity contribution in [3.63, 3.8) is 0 Å². The summed E-state index contributed by atoms with van der Waals surface area (Å²) in [5.74, 6) is 0.812. The first-order valence-corrected chi connectivity index (χ1v) is 6.66. The number of benzene rings is 2. The predicted octanol–water partition coefficient (Wildman–Crippen LogP) is 4.36. The fourth-order valence-corrected chi connectivity index (χ4v) is 2.33. The van der Waals surface area contributed by atoms with Gasteiger partial charge >= 0.3 is 0 Å². The van der Waals surface area contributed by atoms with Gasteiger partial charge in [-0.2, -0.15) is 0 Å². The first-order valence-electron chi connectivity index (χ1n) is 5.87. The summed E-state index contributed by atoms with van der Waals surface area (Å²) in [5, 5.41) is 1.03. The van der Waals surface area contributed by atoms with E-state index in [1.54, 1.807) is 6.26 Å². The van der Waals surface area contributed by atoms with Gasteiger partial charge in [-0.3, -0.25) is 0 Å². The number of para-hydroxylation sites is 1. The standard InChI is InChI=1S/C15H12BrNO2/c16-13-3-1-2-4-14(13)18-8-10-9-19-15-7-11(17)5-6-12(10)15/h1-7,9H,8,17H2. The van der Waals surface area contributed by atoms with Crippen LogP contribution in [-0.2, 0) is 6.61 Å². The van der Waals surface area contributed by atoms with Crippen LogP contribution in [0.25, 0.3) is 11.0 Å². The highest BCUT2D eigenvalue weighted by Gasteiger charge is 2.07. The number of nitrogens with two attached hydrogens (primary N) is 1. The first kappa shape index (κ1) is 12.1. The van der Waals surface area contributed by atoms with E-state index in [9.17, 15) is 0 Å². The summed E-state index contributed by atoms with van der Waals surface area (Å²) in [6.45, 7) is 0.458. The Balaban J connectivity index is 1.84. The number of hydrogen-bond acceptors (Lipinski definition) is 3. The molecule has 3 aromatic rings. The zero-order chi connectivity index (χ0) is 13.2. The van der Waals surface area contributed by atoms with Crippen LogP contribution < -0.4 is 10.5 Å². The summed E-state index contributed by atoms with van der Waals surface area (Å²) < 4.78 is 12.2. The summed E-state index contributed by atoms with van der Waals surface area (Å²) in [6.07, 6.45) is 1.71. The van der Waals surface area contributed by atoms with Crippen LogP contribution >= 0.6 is 15.9 Å². The van der Waals surface area contributed by atoms with Crippen LogP contribution in [0.5, 0.6) is 5.75 Å². The van der Waals surface area contributed by atoms with E-state index in [4.69, 9.17) is 14.9 Å². The quantitative estimate of drug-likeness (QED) is 0.730. The third-order valence-electron chi connectivity index (χ3n) is 2.90. The van der Waals surface area contributed by atoms with Crippen molar-refractivity contribution in [2.24, 2.45) is 0 Å². The Labute approximate surface area is 119 Å². The molecular weight excluding hydrogens is 306 g/mol. The highest BCUT2D eigenvalue weighted by Crippen LogP contribution is 2.27. The molecule has 3 nitrogen and oxygen atoms in total. The molecule has 19 heavy (non-hydrogen) atoms. The number of fused-ring (bicyclic) bond motifs is 1. The van der Waals surface area contributed by atoms with Crippen LogP contribution in [0.4, 0.5) is 5.69 Å². The van der Waals surface area contributed by atoms with E-state index in [1.807, 2.05) is 42.5 Å². The van der Waals surface area contributed by atoms with Crippen LogP contribution in [0.1, 0.15) is 5.56 Å². The summed E-state index contributed by atoms with van der Waals surface area (Å²) in [4.78, 5) is 0. The minimum atomic E-state index is 0.458. The number of rotatable bonds is 3. The molecule has 96 valence electrons. The molecular formula is C15H12BrNO2. The fraction of sp³-hybridized carbons (Fsp3) is 0.0667. The molecule has 0 fully saturated rings. The molecule has 0 saturated carbocycles. The molecule has 1 heterocycles. The van der Waals surface area contributed by atoms with Crippen LogP contribution in [-0.4, -0.2) is 0 Å². The van der Waals surface area contributed by atoms with Gasteiger partial charge in [0.25, 0.3) is 0 Å². The molecule has 0 aliphatic rings. The lowest BCUT2D eigenvalue weighted by Gasteiger charge is -2.06. The van der Waals surface area contributed by atoms with E-state index >= 15 is 0 Å². The Hall–Kier alpha value is -1.94. The van der Waals surface area contributed by atoms with E-state index in [2.05, 4.69) is 15.9 Å². The van der Waals surface area contributed by atoms with Crippen molar-refractivity contribution in [3.05, 3.63) is 58.8 Å². The third-order valence-corrected chi connectivity index (χ3v) is 3.55. The van der Waals surface area contributed by atoms with E-state index in [-0.39, 0.29) is 0 Å². The monoisotopic (exact) mass is 317 g/mol. The Morgan fingerprint density at radius 2 is 2.00 bits per heavy atom. The van der Waals surface area contributed by atoms with Gasteiger partial charge in [-0.05, 0) is 40.2 Å². The number of hydrogen-bond donors (Lipinski definition) is 1. The summed E-state index contributed by atoms with van der Waals surface area (Å²) in [7, 11) is 0. The molecule has 0 radical (unpaired) electrons. The molecule has 0 bridgehead atoms. The van der Waals surface area contributed by atoms with Gasteiger partial charge < -0.3 is 14.9 Å². The second-order valence-electron chi connectivity index (χ2n) is 4.24. The minimum Gasteiger partial charge on any atom is -0.488 e. The highest BCUT2D eigenvalue weighted by atomic mass is 79.9. The molecule has 2 aromatic carbocycles. The molecule has 1 aromatic heterocycles. The second kappa shape index (κ2) is 4.97. The van der Waals surface area contributed by atoms with Crippen molar-refractivity contribution in [1.29, 1.82) is 0 Å². The van der Waals surface area contributed by atoms with E-state index in [0.29, 0.717) is 12.3 Å². The second-order valence-corrected chi connectivity index (χ2v) is 5.09. The molecule has 0 spiro atoms. The topological polar surface area (TPSA) is 48.4 Å². The molecule has 0 amide bonds. The maximum Gasteiger partial charge on any atom is 0.136 e. The maximum atomic E-state index is 5.78. The normalized spacial score (nSPS) is 10.8. The summed E-state index contributed by atoms with van der Waals surface area (Å²) in [6, 6.07) is 13.4. The molecule has 2 N–H and O–H groups in total. The van der Waals surface area contributed by atoms with Crippen molar-refractivity contribution in [2.75, 3.05) is 5.73 Å². The third kappa shape index (κ3) is 2.44.